The van der Waals surface area contributed by atoms with Crippen LogP contribution in [0.3, 0.4) is 0 Å². The van der Waals surface area contributed by atoms with Crippen molar-refractivity contribution in [2.75, 3.05) is 17.3 Å². The minimum atomic E-state index is 0.375. The van der Waals surface area contributed by atoms with Gasteiger partial charge in [-0.1, -0.05) is 22.8 Å². The van der Waals surface area contributed by atoms with Crippen molar-refractivity contribution in [3.63, 3.8) is 0 Å². The third-order valence-corrected chi connectivity index (χ3v) is 4.02. The first-order valence-corrected chi connectivity index (χ1v) is 8.41. The average Bonchev–Trinajstić information content (AvgIpc) is 3.33. The van der Waals surface area contributed by atoms with E-state index in [1.165, 1.54) is 6.20 Å². The Hall–Kier alpha value is -3.46. The highest BCUT2D eigenvalue weighted by molar-refractivity contribution is 6.32. The molecule has 0 atom stereocenters. The van der Waals surface area contributed by atoms with Crippen molar-refractivity contribution >= 4 is 35.1 Å². The molecule has 4 aromatic heterocycles. The maximum Gasteiger partial charge on any atom is 0.234 e. The van der Waals surface area contributed by atoms with Gasteiger partial charge < -0.3 is 9.84 Å². The van der Waals surface area contributed by atoms with Gasteiger partial charge >= 0.3 is 0 Å². The molecule has 0 saturated heterocycles. The van der Waals surface area contributed by atoms with Crippen molar-refractivity contribution < 1.29 is 4.52 Å². The molecule has 0 fully saturated rings. The first kappa shape index (κ1) is 17.0. The maximum absolute atomic E-state index is 6.20. The molecule has 0 aliphatic rings. The fourth-order valence-corrected chi connectivity index (χ4v) is 2.51. The van der Waals surface area contributed by atoms with E-state index in [4.69, 9.17) is 16.1 Å². The van der Waals surface area contributed by atoms with Crippen LogP contribution in [-0.4, -0.2) is 37.4 Å². The van der Waals surface area contributed by atoms with E-state index in [0.717, 1.165) is 5.69 Å². The van der Waals surface area contributed by atoms with Gasteiger partial charge in [-0.3, -0.25) is 15.0 Å². The van der Waals surface area contributed by atoms with Gasteiger partial charge in [0, 0.05) is 31.1 Å². The van der Waals surface area contributed by atoms with E-state index in [1.54, 1.807) is 24.2 Å². The van der Waals surface area contributed by atoms with Gasteiger partial charge in [0.25, 0.3) is 0 Å². The Morgan fingerprint density at radius 3 is 2.81 bits per heavy atom. The number of nitrogens with one attached hydrogen (secondary N) is 2. The summed E-state index contributed by atoms with van der Waals surface area (Å²) < 4.78 is 5.41. The summed E-state index contributed by atoms with van der Waals surface area (Å²) in [5.41, 5.74) is 2.26. The van der Waals surface area contributed by atoms with Gasteiger partial charge in [-0.15, -0.1) is 0 Å². The van der Waals surface area contributed by atoms with Crippen LogP contribution in [0.15, 0.2) is 47.2 Å². The number of nitrogens with zero attached hydrogens (tertiary/aromatic N) is 6. The number of aryl methyl sites for hydroxylation is 1. The molecule has 0 radical (unpaired) electrons. The van der Waals surface area contributed by atoms with Crippen LogP contribution < -0.4 is 10.2 Å². The summed E-state index contributed by atoms with van der Waals surface area (Å²) in [6.45, 7) is 1.90. The minimum Gasteiger partial charge on any atom is -0.338 e. The summed E-state index contributed by atoms with van der Waals surface area (Å²) in [6, 6.07) is 9.20. The summed E-state index contributed by atoms with van der Waals surface area (Å²) >= 11 is 6.20. The number of hydrogen-bond acceptors (Lipinski definition) is 8. The zero-order valence-electron chi connectivity index (χ0n) is 14.5. The third-order valence-electron chi connectivity index (χ3n) is 3.74. The molecule has 0 saturated carbocycles. The van der Waals surface area contributed by atoms with Gasteiger partial charge in [-0.05, 0) is 19.1 Å². The van der Waals surface area contributed by atoms with E-state index in [9.17, 15) is 0 Å². The predicted octanol–water partition coefficient (Wildman–Crippen LogP) is 3.72. The standard InChI is InChI=1S/C17H15ClN8O/c1-10-7-14(24-23-10)21-16-11(18)9-20-17(22-16)26(2)15-8-13(25-27-15)12-5-3-4-6-19-12/h3-9H,1-2H3,(H2,20,21,22,23,24). The van der Waals surface area contributed by atoms with Crippen LogP contribution in [0.5, 0.6) is 0 Å². The fourth-order valence-electron chi connectivity index (χ4n) is 2.37. The molecule has 4 aromatic rings. The average molecular weight is 383 g/mol. The number of aromatic amines is 1. The molecule has 10 heteroatoms. The van der Waals surface area contributed by atoms with E-state index in [2.05, 4.69) is 35.6 Å². The number of H-pyrrole nitrogens is 1. The molecule has 0 unspecified atom stereocenters. The molecule has 2 N–H and O–H groups in total. The molecular formula is C17H15ClN8O. The predicted molar refractivity (Wildman–Crippen MR) is 101 cm³/mol. The molecule has 0 bridgehead atoms. The van der Waals surface area contributed by atoms with Crippen molar-refractivity contribution in [1.82, 2.24) is 30.3 Å². The molecule has 0 aromatic carbocycles. The van der Waals surface area contributed by atoms with Crippen molar-refractivity contribution in [2.24, 2.45) is 0 Å². The second-order valence-corrected chi connectivity index (χ2v) is 6.16. The van der Waals surface area contributed by atoms with E-state index in [1.807, 2.05) is 31.2 Å². The summed E-state index contributed by atoms with van der Waals surface area (Å²) in [6.07, 6.45) is 3.21. The Morgan fingerprint density at radius 1 is 1.19 bits per heavy atom. The Balaban J connectivity index is 1.59. The second kappa shape index (κ2) is 7.04. The molecule has 0 amide bonds. The lowest BCUT2D eigenvalue weighted by Gasteiger charge is -2.14. The Kier molecular flexibility index (Phi) is 4.43. The lowest BCUT2D eigenvalue weighted by molar-refractivity contribution is 0.427. The molecule has 4 rings (SSSR count). The van der Waals surface area contributed by atoms with Crippen molar-refractivity contribution in [3.05, 3.63) is 53.4 Å². The number of anilines is 4. The number of rotatable bonds is 5. The van der Waals surface area contributed by atoms with Gasteiger partial charge in [0.05, 0.1) is 11.9 Å². The second-order valence-electron chi connectivity index (χ2n) is 5.75. The summed E-state index contributed by atoms with van der Waals surface area (Å²) in [4.78, 5) is 14.6. The fraction of sp³-hybridized carbons (Fsp3) is 0.118. The van der Waals surface area contributed by atoms with E-state index in [0.29, 0.717) is 39.9 Å². The highest BCUT2D eigenvalue weighted by Gasteiger charge is 2.16. The van der Waals surface area contributed by atoms with Gasteiger partial charge in [-0.25, -0.2) is 4.98 Å². The van der Waals surface area contributed by atoms with Crippen LogP contribution in [-0.2, 0) is 0 Å². The molecule has 27 heavy (non-hydrogen) atoms. The Labute approximate surface area is 159 Å². The van der Waals surface area contributed by atoms with Gasteiger partial charge in [0.15, 0.2) is 11.6 Å². The zero-order chi connectivity index (χ0) is 18.8. The van der Waals surface area contributed by atoms with Crippen LogP contribution in [0, 0.1) is 6.92 Å². The molecule has 9 nitrogen and oxygen atoms in total. The van der Waals surface area contributed by atoms with Gasteiger partial charge in [-0.2, -0.15) is 10.1 Å². The number of aromatic nitrogens is 6. The van der Waals surface area contributed by atoms with Gasteiger partial charge in [0.2, 0.25) is 11.8 Å². The number of halogens is 1. The zero-order valence-corrected chi connectivity index (χ0v) is 15.3. The topological polar surface area (TPSA) is 109 Å². The summed E-state index contributed by atoms with van der Waals surface area (Å²) in [5, 5.41) is 14.5. The highest BCUT2D eigenvalue weighted by atomic mass is 35.5. The highest BCUT2D eigenvalue weighted by Crippen LogP contribution is 2.28. The van der Waals surface area contributed by atoms with E-state index in [-0.39, 0.29) is 0 Å². The maximum atomic E-state index is 6.20. The van der Waals surface area contributed by atoms with E-state index >= 15 is 0 Å². The Bertz CT molecular complexity index is 1060. The van der Waals surface area contributed by atoms with E-state index < -0.39 is 0 Å². The van der Waals surface area contributed by atoms with Crippen molar-refractivity contribution in [3.8, 4) is 11.4 Å². The quantitative estimate of drug-likeness (QED) is 0.537. The normalized spacial score (nSPS) is 10.8. The molecule has 136 valence electrons. The monoisotopic (exact) mass is 382 g/mol. The third kappa shape index (κ3) is 3.58. The summed E-state index contributed by atoms with van der Waals surface area (Å²) in [5.74, 6) is 1.90. The van der Waals surface area contributed by atoms with Crippen LogP contribution in [0.25, 0.3) is 11.4 Å². The molecule has 0 spiro atoms. The number of hydrogen-bond donors (Lipinski definition) is 2. The van der Waals surface area contributed by atoms with Crippen LogP contribution in [0.2, 0.25) is 5.02 Å². The van der Waals surface area contributed by atoms with Gasteiger partial charge in [0.1, 0.15) is 10.7 Å². The van der Waals surface area contributed by atoms with Crippen molar-refractivity contribution in [1.29, 1.82) is 0 Å². The molecule has 4 heterocycles. The first-order valence-electron chi connectivity index (χ1n) is 8.03. The smallest absolute Gasteiger partial charge is 0.234 e. The SMILES string of the molecule is Cc1cc(Nc2nc(N(C)c3cc(-c4ccccn4)no3)ncc2Cl)n[nH]1. The minimum absolute atomic E-state index is 0.375. The van der Waals surface area contributed by atoms with Crippen LogP contribution in [0.4, 0.5) is 23.5 Å². The molecule has 0 aliphatic heterocycles. The molecule has 0 aliphatic carbocycles. The lowest BCUT2D eigenvalue weighted by atomic mass is 10.3. The first-order chi connectivity index (χ1) is 13.1. The lowest BCUT2D eigenvalue weighted by Crippen LogP contribution is -2.13. The molecular weight excluding hydrogens is 368 g/mol. The largest absolute Gasteiger partial charge is 0.338 e. The van der Waals surface area contributed by atoms with Crippen molar-refractivity contribution in [2.45, 2.75) is 6.92 Å². The summed E-state index contributed by atoms with van der Waals surface area (Å²) in [7, 11) is 1.77. The van der Waals surface area contributed by atoms with Crippen LogP contribution in [0.1, 0.15) is 5.69 Å². The number of pyridine rings is 1. The Morgan fingerprint density at radius 2 is 2.07 bits per heavy atom. The van der Waals surface area contributed by atoms with Crippen LogP contribution >= 0.6 is 11.6 Å².